The molecule has 20 heavy (non-hydrogen) atoms. The lowest BCUT2D eigenvalue weighted by atomic mass is 10.0. The number of rotatable bonds is 4. The van der Waals surface area contributed by atoms with Crippen LogP contribution in [0, 0.1) is 0 Å². The molecule has 0 amide bonds. The van der Waals surface area contributed by atoms with Crippen molar-refractivity contribution in [1.82, 2.24) is 0 Å². The van der Waals surface area contributed by atoms with Gasteiger partial charge in [-0.3, -0.25) is 0 Å². The molecule has 0 unspecified atom stereocenters. The first kappa shape index (κ1) is 13.9. The van der Waals surface area contributed by atoms with Crippen molar-refractivity contribution in [3.05, 3.63) is 65.2 Å². The van der Waals surface area contributed by atoms with Crippen molar-refractivity contribution in [1.29, 1.82) is 0 Å². The van der Waals surface area contributed by atoms with Gasteiger partial charge in [-0.05, 0) is 17.2 Å². The molecule has 0 aliphatic rings. The van der Waals surface area contributed by atoms with Crippen molar-refractivity contribution in [3.8, 4) is 5.75 Å². The Labute approximate surface area is 118 Å². The van der Waals surface area contributed by atoms with Gasteiger partial charge in [0.05, 0.1) is 14.2 Å². The molecule has 102 valence electrons. The summed E-state index contributed by atoms with van der Waals surface area (Å²) in [6.07, 6.45) is 3.82. The van der Waals surface area contributed by atoms with Crippen LogP contribution in [0.4, 0.5) is 0 Å². The summed E-state index contributed by atoms with van der Waals surface area (Å²) in [6, 6.07) is 15.3. The first-order valence-corrected chi connectivity index (χ1v) is 6.24. The fourth-order valence-corrected chi connectivity index (χ4v) is 1.93. The van der Waals surface area contributed by atoms with E-state index < -0.39 is 5.97 Å². The summed E-state index contributed by atoms with van der Waals surface area (Å²) in [5.74, 6) is 0.0993. The van der Waals surface area contributed by atoms with E-state index in [1.807, 2.05) is 54.6 Å². The van der Waals surface area contributed by atoms with Crippen molar-refractivity contribution < 1.29 is 14.3 Å². The first-order valence-electron chi connectivity index (χ1n) is 6.24. The molecular weight excluding hydrogens is 252 g/mol. The van der Waals surface area contributed by atoms with Gasteiger partial charge in [0.2, 0.25) is 0 Å². The average Bonchev–Trinajstić information content (AvgIpc) is 2.52. The third-order valence-electron chi connectivity index (χ3n) is 2.92. The van der Waals surface area contributed by atoms with Crippen molar-refractivity contribution in [2.24, 2.45) is 0 Å². The highest BCUT2D eigenvalue weighted by Crippen LogP contribution is 2.24. The molecule has 0 saturated heterocycles. The maximum atomic E-state index is 11.9. The summed E-state index contributed by atoms with van der Waals surface area (Å²) in [5.41, 5.74) is 2.26. The second-order valence-corrected chi connectivity index (χ2v) is 4.16. The van der Waals surface area contributed by atoms with E-state index in [0.717, 1.165) is 11.1 Å². The Bertz CT molecular complexity index is 615. The van der Waals surface area contributed by atoms with Gasteiger partial charge in [0, 0.05) is 0 Å². The van der Waals surface area contributed by atoms with Gasteiger partial charge >= 0.3 is 5.97 Å². The van der Waals surface area contributed by atoms with Crippen LogP contribution in [0.1, 0.15) is 21.5 Å². The standard InChI is InChI=1S/C17H16O3/c1-19-15-10-6-9-14(16(15)17(18)20-2)12-11-13-7-4-3-5-8-13/h3-12H,1-2H3/b12-11+. The van der Waals surface area contributed by atoms with E-state index in [2.05, 4.69) is 0 Å². The highest BCUT2D eigenvalue weighted by atomic mass is 16.5. The minimum Gasteiger partial charge on any atom is -0.496 e. The summed E-state index contributed by atoms with van der Waals surface area (Å²) in [5, 5.41) is 0. The number of esters is 1. The van der Waals surface area contributed by atoms with Crippen LogP contribution in [0.3, 0.4) is 0 Å². The third-order valence-corrected chi connectivity index (χ3v) is 2.92. The Morgan fingerprint density at radius 1 is 0.950 bits per heavy atom. The van der Waals surface area contributed by atoms with Gasteiger partial charge in [-0.15, -0.1) is 0 Å². The van der Waals surface area contributed by atoms with Crippen LogP contribution < -0.4 is 4.74 Å². The second-order valence-electron chi connectivity index (χ2n) is 4.16. The number of benzene rings is 2. The van der Waals surface area contributed by atoms with Crippen LogP contribution in [-0.2, 0) is 4.74 Å². The van der Waals surface area contributed by atoms with E-state index in [0.29, 0.717) is 11.3 Å². The highest BCUT2D eigenvalue weighted by Gasteiger charge is 2.15. The van der Waals surface area contributed by atoms with Crippen LogP contribution in [-0.4, -0.2) is 20.2 Å². The molecule has 3 heteroatoms. The van der Waals surface area contributed by atoms with Crippen molar-refractivity contribution in [2.45, 2.75) is 0 Å². The minimum absolute atomic E-state index is 0.407. The smallest absolute Gasteiger partial charge is 0.342 e. The molecule has 0 aromatic heterocycles. The maximum absolute atomic E-state index is 11.9. The molecule has 0 atom stereocenters. The van der Waals surface area contributed by atoms with Crippen molar-refractivity contribution in [2.75, 3.05) is 14.2 Å². The van der Waals surface area contributed by atoms with Crippen molar-refractivity contribution in [3.63, 3.8) is 0 Å². The molecule has 0 aliphatic heterocycles. The van der Waals surface area contributed by atoms with Gasteiger partial charge in [0.25, 0.3) is 0 Å². The number of hydrogen-bond acceptors (Lipinski definition) is 3. The van der Waals surface area contributed by atoms with Crippen LogP contribution in [0.2, 0.25) is 0 Å². The van der Waals surface area contributed by atoms with Crippen LogP contribution >= 0.6 is 0 Å². The summed E-state index contributed by atoms with van der Waals surface area (Å²) in [4.78, 5) is 11.9. The van der Waals surface area contributed by atoms with E-state index in [9.17, 15) is 4.79 Å². The lowest BCUT2D eigenvalue weighted by molar-refractivity contribution is 0.0597. The number of hydrogen-bond donors (Lipinski definition) is 0. The van der Waals surface area contributed by atoms with Gasteiger partial charge in [-0.2, -0.15) is 0 Å². The van der Waals surface area contributed by atoms with Crippen molar-refractivity contribution >= 4 is 18.1 Å². The molecular formula is C17H16O3. The zero-order valence-corrected chi connectivity index (χ0v) is 11.5. The summed E-state index contributed by atoms with van der Waals surface area (Å²) in [7, 11) is 2.89. The van der Waals surface area contributed by atoms with E-state index in [-0.39, 0.29) is 0 Å². The zero-order chi connectivity index (χ0) is 14.4. The Balaban J connectivity index is 2.41. The molecule has 0 aliphatic carbocycles. The molecule has 0 bridgehead atoms. The highest BCUT2D eigenvalue weighted by molar-refractivity contribution is 5.97. The molecule has 0 radical (unpaired) electrons. The molecule has 0 heterocycles. The first-order chi connectivity index (χ1) is 9.76. The Hall–Kier alpha value is -2.55. The predicted molar refractivity (Wildman–Crippen MR) is 79.7 cm³/mol. The lowest BCUT2D eigenvalue weighted by Crippen LogP contribution is -2.06. The monoisotopic (exact) mass is 268 g/mol. The predicted octanol–water partition coefficient (Wildman–Crippen LogP) is 3.65. The quantitative estimate of drug-likeness (QED) is 0.627. The number of methoxy groups -OCH3 is 2. The molecule has 0 spiro atoms. The molecule has 2 aromatic carbocycles. The third kappa shape index (κ3) is 3.06. The zero-order valence-electron chi connectivity index (χ0n) is 11.5. The largest absolute Gasteiger partial charge is 0.496 e. The van der Waals surface area contributed by atoms with Gasteiger partial charge in [0.15, 0.2) is 0 Å². The van der Waals surface area contributed by atoms with E-state index in [4.69, 9.17) is 9.47 Å². The average molecular weight is 268 g/mol. The molecule has 0 N–H and O–H groups in total. The Morgan fingerprint density at radius 2 is 1.70 bits per heavy atom. The van der Waals surface area contributed by atoms with Gasteiger partial charge in [-0.25, -0.2) is 4.79 Å². The number of carbonyl (C=O) groups excluding carboxylic acids is 1. The Morgan fingerprint density at radius 3 is 2.35 bits per heavy atom. The maximum Gasteiger partial charge on any atom is 0.342 e. The van der Waals surface area contributed by atoms with E-state index in [1.165, 1.54) is 14.2 Å². The van der Waals surface area contributed by atoms with Gasteiger partial charge in [0.1, 0.15) is 11.3 Å². The summed E-state index contributed by atoms with van der Waals surface area (Å²) >= 11 is 0. The lowest BCUT2D eigenvalue weighted by Gasteiger charge is -2.09. The molecule has 3 nitrogen and oxygen atoms in total. The summed E-state index contributed by atoms with van der Waals surface area (Å²) in [6.45, 7) is 0. The van der Waals surface area contributed by atoms with Gasteiger partial charge < -0.3 is 9.47 Å². The fraction of sp³-hybridized carbons (Fsp3) is 0.118. The number of carbonyl (C=O) groups is 1. The fourth-order valence-electron chi connectivity index (χ4n) is 1.93. The summed E-state index contributed by atoms with van der Waals surface area (Å²) < 4.78 is 10.0. The molecule has 0 saturated carbocycles. The minimum atomic E-state index is -0.407. The second kappa shape index (κ2) is 6.57. The van der Waals surface area contributed by atoms with E-state index in [1.54, 1.807) is 6.07 Å². The van der Waals surface area contributed by atoms with E-state index >= 15 is 0 Å². The van der Waals surface area contributed by atoms with Crippen LogP contribution in [0.15, 0.2) is 48.5 Å². The SMILES string of the molecule is COC(=O)c1c(/C=C/c2ccccc2)cccc1OC. The number of ether oxygens (including phenoxy) is 2. The topological polar surface area (TPSA) is 35.5 Å². The van der Waals surface area contributed by atoms with Crippen LogP contribution in [0.25, 0.3) is 12.2 Å². The van der Waals surface area contributed by atoms with Gasteiger partial charge in [-0.1, -0.05) is 54.6 Å². The molecule has 0 fully saturated rings. The normalized spacial score (nSPS) is 10.5. The van der Waals surface area contributed by atoms with Crippen LogP contribution in [0.5, 0.6) is 5.75 Å². The molecule has 2 aromatic rings. The Kier molecular flexibility index (Phi) is 4.56. The molecule has 2 rings (SSSR count).